The second-order valence-corrected chi connectivity index (χ2v) is 5.80. The lowest BCUT2D eigenvalue weighted by molar-refractivity contribution is -0.140. The van der Waals surface area contributed by atoms with E-state index in [1.807, 2.05) is 0 Å². The molecule has 0 saturated heterocycles. The maximum Gasteiger partial charge on any atom is 0.322 e. The van der Waals surface area contributed by atoms with Crippen LogP contribution in [0, 0.1) is 5.92 Å². The van der Waals surface area contributed by atoms with Crippen molar-refractivity contribution in [1.29, 1.82) is 0 Å². The van der Waals surface area contributed by atoms with Gasteiger partial charge in [0.1, 0.15) is 11.1 Å². The number of aromatic nitrogens is 1. The van der Waals surface area contributed by atoms with Crippen molar-refractivity contribution in [1.82, 2.24) is 9.29 Å². The molecule has 1 aromatic rings. The fraction of sp³-hybridized carbons (Fsp3) is 0.500. The van der Waals surface area contributed by atoms with Crippen molar-refractivity contribution in [3.8, 4) is 0 Å². The number of sulfonamides is 1. The number of carbonyl (C=O) groups is 1. The largest absolute Gasteiger partial charge is 0.480 e. The van der Waals surface area contributed by atoms with Crippen molar-refractivity contribution >= 4 is 16.0 Å². The molecule has 0 aliphatic carbocycles. The molecule has 0 unspecified atom stereocenters. The molecule has 1 rings (SSSR count). The molecule has 6 nitrogen and oxygen atoms in total. The summed E-state index contributed by atoms with van der Waals surface area (Å²) in [7, 11) is -2.22. The number of rotatable bonds is 5. The van der Waals surface area contributed by atoms with E-state index in [1.165, 1.54) is 10.6 Å². The fourth-order valence-corrected chi connectivity index (χ4v) is 2.95. The summed E-state index contributed by atoms with van der Waals surface area (Å²) >= 11 is 0. The maximum absolute atomic E-state index is 11.9. The van der Waals surface area contributed by atoms with E-state index in [-0.39, 0.29) is 10.9 Å². The minimum Gasteiger partial charge on any atom is -0.480 e. The second-order valence-electron chi connectivity index (χ2n) is 4.14. The Hall–Kier alpha value is -1.34. The topological polar surface area (TPSA) is 88.4 Å². The highest BCUT2D eigenvalue weighted by Gasteiger charge is 2.28. The molecule has 2 N–H and O–H groups in total. The van der Waals surface area contributed by atoms with E-state index in [0.29, 0.717) is 0 Å². The maximum atomic E-state index is 11.9. The summed E-state index contributed by atoms with van der Waals surface area (Å²) in [4.78, 5) is 10.9. The van der Waals surface area contributed by atoms with Gasteiger partial charge in [0.2, 0.25) is 0 Å². The van der Waals surface area contributed by atoms with Gasteiger partial charge in [-0.3, -0.25) is 4.79 Å². The highest BCUT2D eigenvalue weighted by atomic mass is 32.2. The van der Waals surface area contributed by atoms with Crippen molar-refractivity contribution in [3.63, 3.8) is 0 Å². The second kappa shape index (κ2) is 4.89. The summed E-state index contributed by atoms with van der Waals surface area (Å²) < 4.78 is 27.5. The number of hydrogen-bond donors (Lipinski definition) is 2. The van der Waals surface area contributed by atoms with E-state index in [0.717, 1.165) is 0 Å². The van der Waals surface area contributed by atoms with E-state index in [2.05, 4.69) is 4.72 Å². The Bertz CT molecular complexity index is 504. The van der Waals surface area contributed by atoms with Gasteiger partial charge in [0, 0.05) is 13.2 Å². The highest BCUT2D eigenvalue weighted by molar-refractivity contribution is 7.89. The first-order chi connectivity index (χ1) is 7.75. The molecule has 0 amide bonds. The van der Waals surface area contributed by atoms with Crippen molar-refractivity contribution in [2.45, 2.75) is 24.9 Å². The van der Waals surface area contributed by atoms with Crippen molar-refractivity contribution in [2.75, 3.05) is 0 Å². The highest BCUT2D eigenvalue weighted by Crippen LogP contribution is 2.11. The summed E-state index contributed by atoms with van der Waals surface area (Å²) in [6, 6.07) is 1.87. The number of hydrogen-bond acceptors (Lipinski definition) is 3. The zero-order valence-corrected chi connectivity index (χ0v) is 10.7. The zero-order valence-electron chi connectivity index (χ0n) is 9.91. The average molecular weight is 260 g/mol. The minimum atomic E-state index is -3.80. The average Bonchev–Trinajstić information content (AvgIpc) is 2.60. The third-order valence-electron chi connectivity index (χ3n) is 2.39. The van der Waals surface area contributed by atoms with Gasteiger partial charge in [-0.2, -0.15) is 4.72 Å². The number of aryl methyl sites for hydroxylation is 1. The van der Waals surface area contributed by atoms with Crippen LogP contribution in [0.3, 0.4) is 0 Å². The van der Waals surface area contributed by atoms with E-state index < -0.39 is 22.0 Å². The van der Waals surface area contributed by atoms with Gasteiger partial charge in [0.05, 0.1) is 0 Å². The van der Waals surface area contributed by atoms with Gasteiger partial charge < -0.3 is 9.67 Å². The first kappa shape index (κ1) is 13.7. The Morgan fingerprint density at radius 2 is 2.06 bits per heavy atom. The third-order valence-corrected chi connectivity index (χ3v) is 3.93. The molecule has 0 bridgehead atoms. The van der Waals surface area contributed by atoms with Crippen LogP contribution in [-0.2, 0) is 21.9 Å². The normalized spacial score (nSPS) is 13.9. The van der Waals surface area contributed by atoms with E-state index in [1.54, 1.807) is 33.2 Å². The molecule has 0 aliphatic rings. The molecule has 7 heteroatoms. The zero-order chi connectivity index (χ0) is 13.2. The van der Waals surface area contributed by atoms with E-state index >= 15 is 0 Å². The van der Waals surface area contributed by atoms with Crippen LogP contribution in [0.1, 0.15) is 13.8 Å². The molecular formula is C10H16N2O4S. The van der Waals surface area contributed by atoms with Gasteiger partial charge in [0.15, 0.2) is 0 Å². The number of carboxylic acids is 1. The predicted molar refractivity (Wildman–Crippen MR) is 62.0 cm³/mol. The Balaban J connectivity index is 3.01. The number of carboxylic acid groups (broad SMARTS) is 1. The molecule has 1 aromatic heterocycles. The molecule has 0 saturated carbocycles. The quantitative estimate of drug-likeness (QED) is 0.802. The number of nitrogens with one attached hydrogen (secondary N) is 1. The van der Waals surface area contributed by atoms with Crippen LogP contribution in [0.25, 0.3) is 0 Å². The van der Waals surface area contributed by atoms with Crippen LogP contribution in [0.2, 0.25) is 0 Å². The first-order valence-corrected chi connectivity index (χ1v) is 6.60. The third kappa shape index (κ3) is 3.07. The molecule has 96 valence electrons. The van der Waals surface area contributed by atoms with Crippen LogP contribution >= 0.6 is 0 Å². The fourth-order valence-electron chi connectivity index (χ4n) is 1.42. The van der Waals surface area contributed by atoms with Gasteiger partial charge in [-0.1, -0.05) is 13.8 Å². The lowest BCUT2D eigenvalue weighted by Crippen LogP contribution is -2.44. The van der Waals surface area contributed by atoms with Crippen LogP contribution in [0.5, 0.6) is 0 Å². The summed E-state index contributed by atoms with van der Waals surface area (Å²) in [6.45, 7) is 3.29. The molecular weight excluding hydrogens is 244 g/mol. The molecule has 1 atom stereocenters. The van der Waals surface area contributed by atoms with Crippen LogP contribution < -0.4 is 4.72 Å². The smallest absolute Gasteiger partial charge is 0.322 e. The molecule has 0 spiro atoms. The summed E-state index contributed by atoms with van der Waals surface area (Å²) in [6.07, 6.45) is 1.58. The molecule has 0 aromatic carbocycles. The monoisotopic (exact) mass is 260 g/mol. The first-order valence-electron chi connectivity index (χ1n) is 5.12. The Morgan fingerprint density at radius 3 is 2.41 bits per heavy atom. The van der Waals surface area contributed by atoms with Crippen LogP contribution in [0.4, 0.5) is 0 Å². The van der Waals surface area contributed by atoms with Crippen LogP contribution in [0.15, 0.2) is 23.4 Å². The van der Waals surface area contributed by atoms with E-state index in [4.69, 9.17) is 5.11 Å². The van der Waals surface area contributed by atoms with Gasteiger partial charge in [0.25, 0.3) is 10.0 Å². The van der Waals surface area contributed by atoms with Gasteiger partial charge in [-0.25, -0.2) is 8.42 Å². The standard InChI is InChI=1S/C10H16N2O4S/c1-7(2)9(10(13)14)11-17(15,16)8-5-4-6-12(8)3/h4-7,9,11H,1-3H3,(H,13,14)/t9-/m0/s1. The predicted octanol–water partition coefficient (Wildman–Crippen LogP) is 0.413. The molecule has 17 heavy (non-hydrogen) atoms. The van der Waals surface area contributed by atoms with Crippen LogP contribution in [-0.4, -0.2) is 30.1 Å². The van der Waals surface area contributed by atoms with Gasteiger partial charge >= 0.3 is 5.97 Å². The molecule has 0 aliphatic heterocycles. The van der Waals surface area contributed by atoms with Crippen molar-refractivity contribution in [3.05, 3.63) is 18.3 Å². The Morgan fingerprint density at radius 1 is 1.47 bits per heavy atom. The number of aliphatic carboxylic acids is 1. The Kier molecular flexibility index (Phi) is 3.94. The summed E-state index contributed by atoms with van der Waals surface area (Å²) in [5.41, 5.74) is 0. The van der Waals surface area contributed by atoms with Crippen molar-refractivity contribution < 1.29 is 18.3 Å². The van der Waals surface area contributed by atoms with Crippen molar-refractivity contribution in [2.24, 2.45) is 13.0 Å². The summed E-state index contributed by atoms with van der Waals surface area (Å²) in [5, 5.41) is 8.99. The molecule has 0 fully saturated rings. The molecule has 1 heterocycles. The molecule has 0 radical (unpaired) electrons. The van der Waals surface area contributed by atoms with E-state index in [9.17, 15) is 13.2 Å². The van der Waals surface area contributed by atoms with Gasteiger partial charge in [-0.05, 0) is 18.1 Å². The Labute approximate surface area is 100 Å². The minimum absolute atomic E-state index is 0.0457. The lowest BCUT2D eigenvalue weighted by Gasteiger charge is -2.18. The SMILES string of the molecule is CC(C)[C@H](NS(=O)(=O)c1cccn1C)C(=O)O. The van der Waals surface area contributed by atoms with Gasteiger partial charge in [-0.15, -0.1) is 0 Å². The summed E-state index contributed by atoms with van der Waals surface area (Å²) in [5.74, 6) is -1.51. The lowest BCUT2D eigenvalue weighted by atomic mass is 10.1. The number of nitrogens with zero attached hydrogens (tertiary/aromatic N) is 1.